The number of carbonyl (C=O) groups is 2. The first kappa shape index (κ1) is 18.3. The molecule has 0 aromatic carbocycles. The Hall–Kier alpha value is -0.750. The predicted molar refractivity (Wildman–Crippen MR) is 84.1 cm³/mol. The van der Waals surface area contributed by atoms with Crippen LogP contribution in [-0.4, -0.2) is 54.3 Å². The Bertz CT molecular complexity index is 349. The smallest absolute Gasteiger partial charge is 0.329 e. The summed E-state index contributed by atoms with van der Waals surface area (Å²) in [5.41, 5.74) is 0. The SMILES string of the molecule is CCCCOC(=O)C1CSC(CC(C)C)N1C(=O)COC. The number of hydrogen-bond acceptors (Lipinski definition) is 5. The molecule has 1 fully saturated rings. The Morgan fingerprint density at radius 3 is 2.67 bits per heavy atom. The summed E-state index contributed by atoms with van der Waals surface area (Å²) in [5.74, 6) is 0.657. The summed E-state index contributed by atoms with van der Waals surface area (Å²) in [6.07, 6.45) is 2.71. The molecule has 5 nitrogen and oxygen atoms in total. The van der Waals surface area contributed by atoms with E-state index in [1.165, 1.54) is 7.11 Å². The second kappa shape index (κ2) is 9.30. The molecule has 0 bridgehead atoms. The highest BCUT2D eigenvalue weighted by Crippen LogP contribution is 2.34. The van der Waals surface area contributed by atoms with Gasteiger partial charge in [-0.25, -0.2) is 4.79 Å². The fourth-order valence-corrected chi connectivity index (χ4v) is 3.92. The second-order valence-corrected chi connectivity index (χ2v) is 6.90. The van der Waals surface area contributed by atoms with E-state index < -0.39 is 6.04 Å². The molecule has 1 amide bonds. The number of methoxy groups -OCH3 is 1. The van der Waals surface area contributed by atoms with Gasteiger partial charge in [0.2, 0.25) is 5.91 Å². The van der Waals surface area contributed by atoms with Gasteiger partial charge in [0.25, 0.3) is 0 Å². The summed E-state index contributed by atoms with van der Waals surface area (Å²) in [5, 5.41) is 0.0383. The van der Waals surface area contributed by atoms with Crippen molar-refractivity contribution in [3.63, 3.8) is 0 Å². The number of esters is 1. The van der Waals surface area contributed by atoms with Gasteiger partial charge in [-0.05, 0) is 18.8 Å². The van der Waals surface area contributed by atoms with Crippen LogP contribution in [0, 0.1) is 5.92 Å². The van der Waals surface area contributed by atoms with Gasteiger partial charge in [-0.1, -0.05) is 27.2 Å². The lowest BCUT2D eigenvalue weighted by atomic mass is 10.1. The lowest BCUT2D eigenvalue weighted by Gasteiger charge is -2.29. The number of hydrogen-bond donors (Lipinski definition) is 0. The molecule has 0 saturated carbocycles. The number of carbonyl (C=O) groups excluding carboxylic acids is 2. The van der Waals surface area contributed by atoms with Gasteiger partial charge in [0.15, 0.2) is 0 Å². The number of rotatable bonds is 8. The largest absolute Gasteiger partial charge is 0.464 e. The lowest BCUT2D eigenvalue weighted by Crippen LogP contribution is -2.48. The first-order valence-electron chi connectivity index (χ1n) is 7.59. The molecule has 0 aromatic rings. The van der Waals surface area contributed by atoms with Crippen molar-refractivity contribution in [3.05, 3.63) is 0 Å². The van der Waals surface area contributed by atoms with E-state index in [0.29, 0.717) is 18.3 Å². The van der Waals surface area contributed by atoms with E-state index >= 15 is 0 Å². The Morgan fingerprint density at radius 2 is 2.10 bits per heavy atom. The molecule has 1 saturated heterocycles. The Balaban J connectivity index is 2.72. The van der Waals surface area contributed by atoms with Crippen LogP contribution in [0.2, 0.25) is 0 Å². The average molecular weight is 317 g/mol. The van der Waals surface area contributed by atoms with Crippen molar-refractivity contribution < 1.29 is 19.1 Å². The van der Waals surface area contributed by atoms with Gasteiger partial charge in [-0.2, -0.15) is 0 Å². The van der Waals surface area contributed by atoms with Gasteiger partial charge < -0.3 is 14.4 Å². The molecule has 1 aliphatic rings. The zero-order valence-electron chi connectivity index (χ0n) is 13.5. The van der Waals surface area contributed by atoms with E-state index in [1.54, 1.807) is 16.7 Å². The number of unbranched alkanes of at least 4 members (excludes halogenated alkanes) is 1. The molecule has 0 aliphatic carbocycles. The van der Waals surface area contributed by atoms with Crippen LogP contribution in [0.25, 0.3) is 0 Å². The third kappa shape index (κ3) is 5.51. The molecule has 1 rings (SSSR count). The molecule has 1 heterocycles. The van der Waals surface area contributed by atoms with Crippen molar-refractivity contribution in [1.82, 2.24) is 4.90 Å². The predicted octanol–water partition coefficient (Wildman–Crippen LogP) is 2.29. The first-order valence-corrected chi connectivity index (χ1v) is 8.64. The number of ether oxygens (including phenoxy) is 2. The van der Waals surface area contributed by atoms with Gasteiger partial charge in [-0.3, -0.25) is 4.79 Å². The Morgan fingerprint density at radius 1 is 1.38 bits per heavy atom. The number of amides is 1. The quantitative estimate of drug-likeness (QED) is 0.508. The van der Waals surface area contributed by atoms with Crippen LogP contribution < -0.4 is 0 Å². The van der Waals surface area contributed by atoms with Crippen molar-refractivity contribution in [3.8, 4) is 0 Å². The van der Waals surface area contributed by atoms with Gasteiger partial charge in [0.1, 0.15) is 12.6 Å². The van der Waals surface area contributed by atoms with E-state index in [-0.39, 0.29) is 23.9 Å². The highest BCUT2D eigenvalue weighted by molar-refractivity contribution is 8.00. The zero-order chi connectivity index (χ0) is 15.8. The van der Waals surface area contributed by atoms with Crippen LogP contribution in [0.1, 0.15) is 40.0 Å². The minimum Gasteiger partial charge on any atom is -0.464 e. The van der Waals surface area contributed by atoms with Gasteiger partial charge in [0.05, 0.1) is 12.0 Å². The monoisotopic (exact) mass is 317 g/mol. The van der Waals surface area contributed by atoms with E-state index in [4.69, 9.17) is 9.47 Å². The van der Waals surface area contributed by atoms with E-state index in [2.05, 4.69) is 13.8 Å². The topological polar surface area (TPSA) is 55.8 Å². The lowest BCUT2D eigenvalue weighted by molar-refractivity contribution is -0.155. The molecular formula is C15H27NO4S. The molecule has 122 valence electrons. The molecule has 21 heavy (non-hydrogen) atoms. The van der Waals surface area contributed by atoms with Crippen LogP contribution in [0.3, 0.4) is 0 Å². The van der Waals surface area contributed by atoms with Crippen molar-refractivity contribution in [2.75, 3.05) is 26.1 Å². The standard InChI is InChI=1S/C15H27NO4S/c1-5-6-7-20-15(18)12-10-21-14(8-11(2)3)16(12)13(17)9-19-4/h11-12,14H,5-10H2,1-4H3. The van der Waals surface area contributed by atoms with Crippen LogP contribution in [-0.2, 0) is 19.1 Å². The van der Waals surface area contributed by atoms with Crippen molar-refractivity contribution in [2.24, 2.45) is 5.92 Å². The number of nitrogens with zero attached hydrogens (tertiary/aromatic N) is 1. The fourth-order valence-electron chi connectivity index (χ4n) is 2.28. The summed E-state index contributed by atoms with van der Waals surface area (Å²) in [6, 6.07) is -0.474. The van der Waals surface area contributed by atoms with Crippen LogP contribution in [0.15, 0.2) is 0 Å². The second-order valence-electron chi connectivity index (χ2n) is 5.69. The average Bonchev–Trinajstić information content (AvgIpc) is 2.82. The Kier molecular flexibility index (Phi) is 8.11. The van der Waals surface area contributed by atoms with Crippen LogP contribution in [0.5, 0.6) is 0 Å². The highest BCUT2D eigenvalue weighted by atomic mass is 32.2. The molecule has 0 aromatic heterocycles. The Labute approximate surface area is 131 Å². The minimum atomic E-state index is -0.474. The third-order valence-corrected chi connectivity index (χ3v) is 4.65. The molecule has 0 radical (unpaired) electrons. The summed E-state index contributed by atoms with van der Waals surface area (Å²) >= 11 is 1.66. The van der Waals surface area contributed by atoms with E-state index in [9.17, 15) is 9.59 Å². The van der Waals surface area contributed by atoms with E-state index in [0.717, 1.165) is 19.3 Å². The summed E-state index contributed by atoms with van der Waals surface area (Å²) in [7, 11) is 1.49. The van der Waals surface area contributed by atoms with Gasteiger partial charge in [-0.15, -0.1) is 11.8 Å². The van der Waals surface area contributed by atoms with Gasteiger partial charge in [0, 0.05) is 12.9 Å². The highest BCUT2D eigenvalue weighted by Gasteiger charge is 2.42. The molecular weight excluding hydrogens is 290 g/mol. The maximum atomic E-state index is 12.3. The minimum absolute atomic E-state index is 0.00783. The normalized spacial score (nSPS) is 21.9. The maximum absolute atomic E-state index is 12.3. The van der Waals surface area contributed by atoms with E-state index in [1.807, 2.05) is 6.92 Å². The molecule has 1 aliphatic heterocycles. The van der Waals surface area contributed by atoms with Crippen LogP contribution in [0.4, 0.5) is 0 Å². The van der Waals surface area contributed by atoms with Crippen molar-refractivity contribution in [1.29, 1.82) is 0 Å². The maximum Gasteiger partial charge on any atom is 0.329 e. The zero-order valence-corrected chi connectivity index (χ0v) is 14.3. The first-order chi connectivity index (χ1) is 10.0. The van der Waals surface area contributed by atoms with Gasteiger partial charge >= 0.3 is 5.97 Å². The van der Waals surface area contributed by atoms with Crippen LogP contribution >= 0.6 is 11.8 Å². The summed E-state index contributed by atoms with van der Waals surface area (Å²) in [4.78, 5) is 26.1. The fraction of sp³-hybridized carbons (Fsp3) is 0.867. The third-order valence-electron chi connectivity index (χ3n) is 3.34. The van der Waals surface area contributed by atoms with Crippen molar-refractivity contribution >= 4 is 23.6 Å². The van der Waals surface area contributed by atoms with Crippen molar-refractivity contribution in [2.45, 2.75) is 51.4 Å². The molecule has 6 heteroatoms. The summed E-state index contributed by atoms with van der Waals surface area (Å²) < 4.78 is 10.2. The molecule has 2 unspecified atom stereocenters. The molecule has 0 spiro atoms. The number of thioether (sulfide) groups is 1. The summed E-state index contributed by atoms with van der Waals surface area (Å²) in [6.45, 7) is 6.72. The molecule has 2 atom stereocenters. The molecule has 0 N–H and O–H groups in total.